The van der Waals surface area contributed by atoms with E-state index in [2.05, 4.69) is 0 Å². The molecule has 20 heavy (non-hydrogen) atoms. The zero-order chi connectivity index (χ0) is 15.0. The number of nitrogens with zero attached hydrogens (tertiary/aromatic N) is 1. The summed E-state index contributed by atoms with van der Waals surface area (Å²) in [7, 11) is 0. The van der Waals surface area contributed by atoms with Crippen molar-refractivity contribution in [3.05, 3.63) is 0 Å². The lowest BCUT2D eigenvalue weighted by Crippen LogP contribution is -2.68. The fraction of sp³-hybridized carbons (Fsp3) is 0.929. The molecule has 0 spiro atoms. The number of nitrogens with two attached hydrogens (primary N) is 1. The van der Waals surface area contributed by atoms with Crippen LogP contribution in [0.1, 0.15) is 40.0 Å². The van der Waals surface area contributed by atoms with Crippen LogP contribution in [0.25, 0.3) is 0 Å². The molecule has 0 bridgehead atoms. The van der Waals surface area contributed by atoms with Gasteiger partial charge in [-0.05, 0) is 45.8 Å². The molecule has 0 aromatic carbocycles. The third kappa shape index (κ3) is 3.23. The maximum absolute atomic E-state index is 12.2. The molecule has 0 aliphatic carbocycles. The number of hydrogen-bond acceptors (Lipinski definition) is 5. The van der Waals surface area contributed by atoms with Crippen molar-refractivity contribution in [2.75, 3.05) is 24.6 Å². The molecule has 2 aliphatic heterocycles. The number of hydrogen-bond donors (Lipinski definition) is 2. The fourth-order valence-electron chi connectivity index (χ4n) is 2.89. The number of aliphatic hydroxyl groups is 1. The fourth-order valence-corrected chi connectivity index (χ4v) is 4.29. The molecule has 0 aromatic heterocycles. The zero-order valence-corrected chi connectivity index (χ0v) is 13.5. The van der Waals surface area contributed by atoms with Gasteiger partial charge < -0.3 is 20.5 Å². The van der Waals surface area contributed by atoms with Gasteiger partial charge in [0.05, 0.1) is 11.1 Å². The average molecular weight is 302 g/mol. The molecule has 2 rings (SSSR count). The van der Waals surface area contributed by atoms with Crippen LogP contribution >= 0.6 is 11.8 Å². The Morgan fingerprint density at radius 2 is 2.10 bits per heavy atom. The predicted molar refractivity (Wildman–Crippen MR) is 80.9 cm³/mol. The highest BCUT2D eigenvalue weighted by molar-refractivity contribution is 7.99. The van der Waals surface area contributed by atoms with Gasteiger partial charge in [0.2, 0.25) is 0 Å². The maximum atomic E-state index is 12.2. The number of piperidine rings is 1. The highest BCUT2D eigenvalue weighted by Gasteiger charge is 2.52. The molecule has 0 radical (unpaired) electrons. The van der Waals surface area contributed by atoms with Crippen molar-refractivity contribution in [1.82, 2.24) is 4.90 Å². The second kappa shape index (κ2) is 5.39. The minimum absolute atomic E-state index is 0.332. The third-order valence-electron chi connectivity index (χ3n) is 4.10. The third-order valence-corrected chi connectivity index (χ3v) is 5.28. The highest BCUT2D eigenvalue weighted by Crippen LogP contribution is 2.40. The lowest BCUT2D eigenvalue weighted by Gasteiger charge is -2.48. The second-order valence-corrected chi connectivity index (χ2v) is 8.10. The van der Waals surface area contributed by atoms with Crippen molar-refractivity contribution in [2.45, 2.75) is 56.8 Å². The summed E-state index contributed by atoms with van der Waals surface area (Å²) in [4.78, 5) is 13.8. The van der Waals surface area contributed by atoms with Crippen LogP contribution < -0.4 is 5.73 Å². The lowest BCUT2D eigenvalue weighted by atomic mass is 9.74. The van der Waals surface area contributed by atoms with Gasteiger partial charge in [-0.3, -0.25) is 0 Å². The summed E-state index contributed by atoms with van der Waals surface area (Å²) in [5.74, 6) is 1.59. The second-order valence-electron chi connectivity index (χ2n) is 7.00. The molecular weight excluding hydrogens is 276 g/mol. The van der Waals surface area contributed by atoms with Gasteiger partial charge in [0, 0.05) is 18.8 Å². The Morgan fingerprint density at radius 1 is 1.40 bits per heavy atom. The van der Waals surface area contributed by atoms with Gasteiger partial charge in [-0.1, -0.05) is 0 Å². The van der Waals surface area contributed by atoms with Crippen molar-refractivity contribution in [2.24, 2.45) is 5.73 Å². The summed E-state index contributed by atoms with van der Waals surface area (Å²) in [5, 5.41) is 10.8. The van der Waals surface area contributed by atoms with E-state index in [0.717, 1.165) is 18.6 Å². The van der Waals surface area contributed by atoms with Gasteiger partial charge in [0.1, 0.15) is 5.60 Å². The SMILES string of the molecule is CC(C)(C)OC(=O)N1CCCC(N)(C2(O)CCSC2)C1. The first-order valence-corrected chi connectivity index (χ1v) is 8.38. The number of rotatable bonds is 1. The molecule has 1 amide bonds. The molecule has 0 aromatic rings. The van der Waals surface area contributed by atoms with Crippen LogP contribution in [-0.2, 0) is 4.74 Å². The van der Waals surface area contributed by atoms with Gasteiger partial charge in [0.15, 0.2) is 0 Å². The summed E-state index contributed by atoms with van der Waals surface area (Å²) in [5.41, 5.74) is 4.39. The Labute approximate surface area is 125 Å². The Bertz CT molecular complexity index is 377. The van der Waals surface area contributed by atoms with E-state index >= 15 is 0 Å². The first-order chi connectivity index (χ1) is 9.15. The van der Waals surface area contributed by atoms with Crippen LogP contribution in [0.3, 0.4) is 0 Å². The molecular formula is C14H26N2O3S. The molecule has 2 fully saturated rings. The summed E-state index contributed by atoms with van der Waals surface area (Å²) in [6, 6.07) is 0. The van der Waals surface area contributed by atoms with Crippen LogP contribution in [-0.4, -0.2) is 57.4 Å². The standard InChI is InChI=1S/C14H26N2O3S/c1-12(2,3)19-11(17)16-7-4-5-13(15,9-16)14(18)6-8-20-10-14/h18H,4-10,15H2,1-3H3. The van der Waals surface area contributed by atoms with Crippen LogP contribution in [0, 0.1) is 0 Å². The predicted octanol–water partition coefficient (Wildman–Crippen LogP) is 1.58. The van der Waals surface area contributed by atoms with E-state index in [1.54, 1.807) is 16.7 Å². The Kier molecular flexibility index (Phi) is 4.29. The van der Waals surface area contributed by atoms with E-state index in [9.17, 15) is 9.90 Å². The average Bonchev–Trinajstić information content (AvgIpc) is 2.76. The van der Waals surface area contributed by atoms with E-state index in [-0.39, 0.29) is 6.09 Å². The molecule has 0 saturated carbocycles. The highest BCUT2D eigenvalue weighted by atomic mass is 32.2. The molecule has 2 atom stereocenters. The van der Waals surface area contributed by atoms with E-state index in [1.165, 1.54) is 0 Å². The van der Waals surface area contributed by atoms with Crippen molar-refractivity contribution >= 4 is 17.9 Å². The van der Waals surface area contributed by atoms with Crippen LogP contribution in [0.2, 0.25) is 0 Å². The van der Waals surface area contributed by atoms with Crippen molar-refractivity contribution in [3.8, 4) is 0 Å². The smallest absolute Gasteiger partial charge is 0.410 e. The van der Waals surface area contributed by atoms with Crippen LogP contribution in [0.15, 0.2) is 0 Å². The van der Waals surface area contributed by atoms with Crippen molar-refractivity contribution in [1.29, 1.82) is 0 Å². The number of ether oxygens (including phenoxy) is 1. The van der Waals surface area contributed by atoms with E-state index in [1.807, 2.05) is 20.8 Å². The van der Waals surface area contributed by atoms with Gasteiger partial charge in [-0.2, -0.15) is 11.8 Å². The molecule has 2 saturated heterocycles. The number of likely N-dealkylation sites (tertiary alicyclic amines) is 1. The minimum Gasteiger partial charge on any atom is -0.444 e. The number of carbonyl (C=O) groups excluding carboxylic acids is 1. The maximum Gasteiger partial charge on any atom is 0.410 e. The Morgan fingerprint density at radius 3 is 2.65 bits per heavy atom. The summed E-state index contributed by atoms with van der Waals surface area (Å²) >= 11 is 1.73. The van der Waals surface area contributed by atoms with Crippen LogP contribution in [0.4, 0.5) is 4.79 Å². The number of amides is 1. The minimum atomic E-state index is -0.863. The molecule has 2 heterocycles. The quantitative estimate of drug-likeness (QED) is 0.769. The van der Waals surface area contributed by atoms with Crippen LogP contribution in [0.5, 0.6) is 0 Å². The van der Waals surface area contributed by atoms with E-state index in [0.29, 0.717) is 25.3 Å². The molecule has 2 aliphatic rings. The van der Waals surface area contributed by atoms with Gasteiger partial charge in [0.25, 0.3) is 0 Å². The molecule has 2 unspecified atom stereocenters. The van der Waals surface area contributed by atoms with E-state index < -0.39 is 16.7 Å². The summed E-state index contributed by atoms with van der Waals surface area (Å²) < 4.78 is 5.41. The zero-order valence-electron chi connectivity index (χ0n) is 12.6. The first kappa shape index (κ1) is 15.9. The summed E-state index contributed by atoms with van der Waals surface area (Å²) in [6.45, 7) is 6.58. The van der Waals surface area contributed by atoms with Gasteiger partial charge in [-0.15, -0.1) is 0 Å². The first-order valence-electron chi connectivity index (χ1n) is 7.22. The molecule has 116 valence electrons. The topological polar surface area (TPSA) is 75.8 Å². The van der Waals surface area contributed by atoms with Crippen molar-refractivity contribution in [3.63, 3.8) is 0 Å². The van der Waals surface area contributed by atoms with Gasteiger partial charge in [-0.25, -0.2) is 4.79 Å². The molecule has 3 N–H and O–H groups in total. The number of thioether (sulfide) groups is 1. The van der Waals surface area contributed by atoms with Crippen molar-refractivity contribution < 1.29 is 14.6 Å². The van der Waals surface area contributed by atoms with Gasteiger partial charge >= 0.3 is 6.09 Å². The molecule has 5 nitrogen and oxygen atoms in total. The molecule has 6 heteroatoms. The largest absolute Gasteiger partial charge is 0.444 e. The monoisotopic (exact) mass is 302 g/mol. The lowest BCUT2D eigenvalue weighted by molar-refractivity contribution is -0.0512. The Balaban J connectivity index is 2.06. The Hall–Kier alpha value is -0.460. The van der Waals surface area contributed by atoms with E-state index in [4.69, 9.17) is 10.5 Å². The normalized spacial score (nSPS) is 35.1. The number of carbonyl (C=O) groups is 1. The summed E-state index contributed by atoms with van der Waals surface area (Å²) in [6.07, 6.45) is 1.93.